The van der Waals surface area contributed by atoms with Gasteiger partial charge in [-0.25, -0.2) is 8.42 Å². The minimum Gasteiger partial charge on any atom is -0.300 e. The molecule has 0 aliphatic carbocycles. The fraction of sp³-hybridized carbons (Fsp3) is 1.00. The van der Waals surface area contributed by atoms with Crippen molar-refractivity contribution in [3.8, 4) is 0 Å². The van der Waals surface area contributed by atoms with Crippen molar-refractivity contribution in [3.05, 3.63) is 0 Å². The molecule has 0 aromatic rings. The lowest BCUT2D eigenvalue weighted by Gasteiger charge is -2.26. The molecule has 1 heterocycles. The van der Waals surface area contributed by atoms with E-state index in [0.29, 0.717) is 19.6 Å². The summed E-state index contributed by atoms with van der Waals surface area (Å²) in [5.74, 6) is 0.126. The Kier molecular flexibility index (Phi) is 4.94. The van der Waals surface area contributed by atoms with Crippen LogP contribution in [0.3, 0.4) is 0 Å². The molecule has 0 saturated carbocycles. The van der Waals surface area contributed by atoms with Gasteiger partial charge in [0.2, 0.25) is 0 Å². The molecule has 0 radical (unpaired) electrons. The fourth-order valence-corrected chi connectivity index (χ4v) is 4.00. The highest BCUT2D eigenvalue weighted by Crippen LogP contribution is 2.05. The van der Waals surface area contributed by atoms with E-state index in [2.05, 4.69) is 0 Å². The summed E-state index contributed by atoms with van der Waals surface area (Å²) in [6.07, 6.45) is -0.360. The first-order chi connectivity index (χ1) is 7.70. The van der Waals surface area contributed by atoms with Gasteiger partial charge < -0.3 is 4.90 Å². The second kappa shape index (κ2) is 5.64. The molecule has 0 unspecified atom stereocenters. The van der Waals surface area contributed by atoms with E-state index >= 15 is 0 Å². The third-order valence-electron chi connectivity index (χ3n) is 2.43. The molecular weight excluding hydrogens is 266 g/mol. The Morgan fingerprint density at radius 1 is 1.24 bits per heavy atom. The molecule has 0 spiro atoms. The van der Waals surface area contributed by atoms with Gasteiger partial charge in [0.15, 0.2) is 9.84 Å². The average Bonchev–Trinajstić information content (AvgIpc) is 2.14. The van der Waals surface area contributed by atoms with Gasteiger partial charge in [0.05, 0.1) is 23.4 Å². The molecule has 0 N–H and O–H groups in total. The van der Waals surface area contributed by atoms with E-state index in [4.69, 9.17) is 4.18 Å². The predicted molar refractivity (Wildman–Crippen MR) is 65.1 cm³/mol. The second-order valence-electron chi connectivity index (χ2n) is 4.40. The molecule has 102 valence electrons. The van der Waals surface area contributed by atoms with Crippen LogP contribution in [0.4, 0.5) is 0 Å². The number of hydrogen-bond acceptors (Lipinski definition) is 6. The first-order valence-corrected chi connectivity index (χ1v) is 8.94. The molecule has 8 heteroatoms. The van der Waals surface area contributed by atoms with Crippen LogP contribution in [0.5, 0.6) is 0 Å². The van der Waals surface area contributed by atoms with Crippen LogP contribution in [-0.4, -0.2) is 64.7 Å². The SMILES string of the molecule is CC(C)OS(=O)(=O)CCN1CCS(=O)(=O)CC1. The quantitative estimate of drug-likeness (QED) is 0.632. The maximum atomic E-state index is 11.4. The summed E-state index contributed by atoms with van der Waals surface area (Å²) in [5.41, 5.74) is 0. The van der Waals surface area contributed by atoms with Crippen molar-refractivity contribution in [2.45, 2.75) is 20.0 Å². The van der Waals surface area contributed by atoms with Crippen molar-refractivity contribution in [2.24, 2.45) is 0 Å². The average molecular weight is 285 g/mol. The highest BCUT2D eigenvalue weighted by molar-refractivity contribution is 7.91. The number of sulfone groups is 1. The van der Waals surface area contributed by atoms with Crippen molar-refractivity contribution >= 4 is 20.0 Å². The third-order valence-corrected chi connectivity index (χ3v) is 5.40. The molecule has 1 aliphatic heterocycles. The first kappa shape index (κ1) is 14.9. The standard InChI is InChI=1S/C9H19NO5S2/c1-9(2)15-17(13,14)8-5-10-3-6-16(11,12)7-4-10/h9H,3-8H2,1-2H3. The van der Waals surface area contributed by atoms with E-state index in [9.17, 15) is 16.8 Å². The zero-order valence-corrected chi connectivity index (χ0v) is 11.8. The van der Waals surface area contributed by atoms with E-state index in [1.54, 1.807) is 13.8 Å². The van der Waals surface area contributed by atoms with Crippen LogP contribution < -0.4 is 0 Å². The van der Waals surface area contributed by atoms with Gasteiger partial charge >= 0.3 is 0 Å². The van der Waals surface area contributed by atoms with Crippen molar-refractivity contribution < 1.29 is 21.0 Å². The molecule has 1 aliphatic rings. The summed E-state index contributed by atoms with van der Waals surface area (Å²) >= 11 is 0. The van der Waals surface area contributed by atoms with Crippen LogP contribution in [0.1, 0.15) is 13.8 Å². The molecule has 0 bridgehead atoms. The normalized spacial score (nSPS) is 21.8. The molecule has 1 rings (SSSR count). The molecular formula is C9H19NO5S2. The van der Waals surface area contributed by atoms with Crippen molar-refractivity contribution in [1.82, 2.24) is 4.90 Å². The van der Waals surface area contributed by atoms with Gasteiger partial charge in [0.25, 0.3) is 10.1 Å². The molecule has 1 fully saturated rings. The molecule has 0 aromatic carbocycles. The van der Waals surface area contributed by atoms with Crippen LogP contribution in [0.25, 0.3) is 0 Å². The van der Waals surface area contributed by atoms with Gasteiger partial charge in [0, 0.05) is 19.6 Å². The zero-order chi connectivity index (χ0) is 13.1. The van der Waals surface area contributed by atoms with E-state index in [-0.39, 0.29) is 23.4 Å². The van der Waals surface area contributed by atoms with Gasteiger partial charge in [-0.3, -0.25) is 4.18 Å². The van der Waals surface area contributed by atoms with Gasteiger partial charge in [-0.15, -0.1) is 0 Å². The monoisotopic (exact) mass is 285 g/mol. The summed E-state index contributed by atoms with van der Waals surface area (Å²) in [4.78, 5) is 1.84. The zero-order valence-electron chi connectivity index (χ0n) is 10.1. The van der Waals surface area contributed by atoms with Gasteiger partial charge in [-0.2, -0.15) is 8.42 Å². The Morgan fingerprint density at radius 3 is 2.24 bits per heavy atom. The topological polar surface area (TPSA) is 80.8 Å². The Labute approximate surface area is 103 Å². The highest BCUT2D eigenvalue weighted by Gasteiger charge is 2.23. The Morgan fingerprint density at radius 2 is 1.76 bits per heavy atom. The Hall–Kier alpha value is -0.180. The van der Waals surface area contributed by atoms with Crippen molar-refractivity contribution in [1.29, 1.82) is 0 Å². The number of rotatable bonds is 5. The van der Waals surface area contributed by atoms with Crippen molar-refractivity contribution in [3.63, 3.8) is 0 Å². The van der Waals surface area contributed by atoms with Crippen LogP contribution in [-0.2, 0) is 24.1 Å². The van der Waals surface area contributed by atoms with Gasteiger partial charge in [-0.05, 0) is 13.8 Å². The van der Waals surface area contributed by atoms with Crippen LogP contribution in [0, 0.1) is 0 Å². The van der Waals surface area contributed by atoms with E-state index < -0.39 is 20.0 Å². The van der Waals surface area contributed by atoms with Crippen LogP contribution in [0.2, 0.25) is 0 Å². The van der Waals surface area contributed by atoms with Gasteiger partial charge in [0.1, 0.15) is 0 Å². The second-order valence-corrected chi connectivity index (χ2v) is 8.42. The summed E-state index contributed by atoms with van der Waals surface area (Å²) in [7, 11) is -6.41. The number of nitrogens with zero attached hydrogens (tertiary/aromatic N) is 1. The summed E-state index contributed by atoms with van der Waals surface area (Å²) in [5, 5.41) is 0. The minimum atomic E-state index is -3.50. The lowest BCUT2D eigenvalue weighted by Crippen LogP contribution is -2.42. The largest absolute Gasteiger partial charge is 0.300 e. The Bertz CT molecular complexity index is 426. The van der Waals surface area contributed by atoms with Crippen molar-refractivity contribution in [2.75, 3.05) is 36.9 Å². The minimum absolute atomic E-state index is 0.0920. The highest BCUT2D eigenvalue weighted by atomic mass is 32.2. The first-order valence-electron chi connectivity index (χ1n) is 5.54. The molecule has 17 heavy (non-hydrogen) atoms. The molecule has 0 aromatic heterocycles. The lowest BCUT2D eigenvalue weighted by molar-refractivity contribution is 0.243. The fourth-order valence-electron chi connectivity index (χ4n) is 1.56. The van der Waals surface area contributed by atoms with Crippen LogP contribution in [0.15, 0.2) is 0 Å². The lowest BCUT2D eigenvalue weighted by atomic mass is 10.5. The third kappa shape index (κ3) is 5.80. The summed E-state index contributed by atoms with van der Waals surface area (Å²) in [6, 6.07) is 0. The van der Waals surface area contributed by atoms with Gasteiger partial charge in [-0.1, -0.05) is 0 Å². The number of hydrogen-bond donors (Lipinski definition) is 0. The summed E-state index contributed by atoms with van der Waals surface area (Å²) in [6.45, 7) is 4.44. The smallest absolute Gasteiger partial charge is 0.268 e. The van der Waals surface area contributed by atoms with E-state index in [1.807, 2.05) is 4.90 Å². The summed E-state index contributed by atoms with van der Waals surface area (Å²) < 4.78 is 50.0. The van der Waals surface area contributed by atoms with E-state index in [0.717, 1.165) is 0 Å². The molecule has 0 atom stereocenters. The van der Waals surface area contributed by atoms with E-state index in [1.165, 1.54) is 0 Å². The van der Waals surface area contributed by atoms with Crippen LogP contribution >= 0.6 is 0 Å². The molecule has 0 amide bonds. The molecule has 6 nitrogen and oxygen atoms in total. The molecule has 1 saturated heterocycles. The maximum absolute atomic E-state index is 11.4. The Balaban J connectivity index is 2.38. The predicted octanol–water partition coefficient (Wildman–Crippen LogP) is -0.528. The maximum Gasteiger partial charge on any atom is 0.268 e.